The zero-order valence-electron chi connectivity index (χ0n) is 12.9. The number of carbonyl (C=O) groups is 3. The van der Waals surface area contributed by atoms with Gasteiger partial charge in [-0.1, -0.05) is 31.2 Å². The molecule has 22 heavy (non-hydrogen) atoms. The minimum absolute atomic E-state index is 0.308. The van der Waals surface area contributed by atoms with Gasteiger partial charge in [0.1, 0.15) is 0 Å². The third-order valence-electron chi connectivity index (χ3n) is 4.69. The minimum Gasteiger partial charge on any atom is -0.325 e. The van der Waals surface area contributed by atoms with Crippen molar-refractivity contribution in [3.63, 3.8) is 0 Å². The average molecular weight is 300 g/mol. The van der Waals surface area contributed by atoms with Crippen LogP contribution in [-0.2, 0) is 4.79 Å². The highest BCUT2D eigenvalue weighted by molar-refractivity contribution is 6.33. The molecule has 1 aliphatic heterocycles. The van der Waals surface area contributed by atoms with Crippen LogP contribution in [0.25, 0.3) is 0 Å². The molecule has 1 amide bonds. The molecule has 0 saturated carbocycles. The van der Waals surface area contributed by atoms with Crippen molar-refractivity contribution in [1.82, 2.24) is 10.2 Å². The van der Waals surface area contributed by atoms with Crippen molar-refractivity contribution < 1.29 is 14.4 Å². The second kappa shape index (κ2) is 5.32. The monoisotopic (exact) mass is 300 g/mol. The number of rotatable bonds is 2. The largest absolute Gasteiger partial charge is 0.325 e. The van der Waals surface area contributed by atoms with Crippen LogP contribution in [0.1, 0.15) is 47.4 Å². The molecule has 1 fully saturated rings. The fourth-order valence-electron chi connectivity index (χ4n) is 3.45. The molecule has 0 bridgehead atoms. The summed E-state index contributed by atoms with van der Waals surface area (Å²) in [5.41, 5.74) is -0.741. The van der Waals surface area contributed by atoms with E-state index in [1.165, 1.54) is 6.92 Å². The lowest BCUT2D eigenvalue weighted by atomic mass is 9.93. The van der Waals surface area contributed by atoms with E-state index in [-0.39, 0.29) is 17.5 Å². The number of nitrogens with one attached hydrogen (secondary N) is 1. The summed E-state index contributed by atoms with van der Waals surface area (Å²) < 4.78 is 0. The highest BCUT2D eigenvalue weighted by Gasteiger charge is 2.57. The van der Waals surface area contributed by atoms with Gasteiger partial charge in [-0.2, -0.15) is 0 Å². The molecule has 5 nitrogen and oxygen atoms in total. The molecule has 1 N–H and O–H groups in total. The summed E-state index contributed by atoms with van der Waals surface area (Å²) >= 11 is 0. The predicted molar refractivity (Wildman–Crippen MR) is 81.6 cm³/mol. The molecule has 0 unspecified atom stereocenters. The quantitative estimate of drug-likeness (QED) is 0.843. The molecule has 5 heteroatoms. The summed E-state index contributed by atoms with van der Waals surface area (Å²) in [4.78, 5) is 39.5. The Labute approximate surface area is 129 Å². The third-order valence-corrected chi connectivity index (χ3v) is 4.69. The number of piperidine rings is 1. The van der Waals surface area contributed by atoms with Crippen LogP contribution in [0, 0.1) is 5.92 Å². The van der Waals surface area contributed by atoms with E-state index < -0.39 is 5.66 Å². The van der Waals surface area contributed by atoms with Crippen LogP contribution in [0.2, 0.25) is 0 Å². The number of likely N-dealkylation sites (tertiary alicyclic amines) is 1. The number of hydrogen-bond acceptors (Lipinski definition) is 4. The van der Waals surface area contributed by atoms with Crippen LogP contribution in [0.3, 0.4) is 0 Å². The maximum Gasteiger partial charge on any atom is 0.223 e. The summed E-state index contributed by atoms with van der Waals surface area (Å²) in [5.74, 6) is -0.413. The van der Waals surface area contributed by atoms with Crippen LogP contribution < -0.4 is 5.32 Å². The lowest BCUT2D eigenvalue weighted by Crippen LogP contribution is -2.68. The van der Waals surface area contributed by atoms with E-state index in [2.05, 4.69) is 12.2 Å². The normalized spacial score (nSPS) is 21.7. The first kappa shape index (κ1) is 14.9. The molecule has 1 aliphatic carbocycles. The number of benzene rings is 1. The molecule has 1 aromatic rings. The van der Waals surface area contributed by atoms with Crippen molar-refractivity contribution in [2.75, 3.05) is 13.1 Å². The summed E-state index contributed by atoms with van der Waals surface area (Å²) in [7, 11) is 0. The molecule has 1 heterocycles. The van der Waals surface area contributed by atoms with E-state index in [4.69, 9.17) is 0 Å². The van der Waals surface area contributed by atoms with Crippen LogP contribution in [-0.4, -0.2) is 41.1 Å². The first-order valence-corrected chi connectivity index (χ1v) is 7.69. The van der Waals surface area contributed by atoms with E-state index in [9.17, 15) is 14.4 Å². The van der Waals surface area contributed by atoms with Gasteiger partial charge in [0.05, 0.1) is 0 Å². The van der Waals surface area contributed by atoms with Gasteiger partial charge in [0, 0.05) is 31.1 Å². The second-order valence-electron chi connectivity index (χ2n) is 6.26. The van der Waals surface area contributed by atoms with Gasteiger partial charge in [-0.25, -0.2) is 0 Å². The number of amides is 1. The Hall–Kier alpha value is -2.01. The molecule has 0 radical (unpaired) electrons. The number of hydrogen-bond donors (Lipinski definition) is 1. The maximum absolute atomic E-state index is 13.0. The Morgan fingerprint density at radius 3 is 2.09 bits per heavy atom. The number of fused-ring (bicyclic) bond motifs is 1. The molecule has 2 aliphatic rings. The molecule has 116 valence electrons. The van der Waals surface area contributed by atoms with E-state index in [1.54, 1.807) is 24.3 Å². The molecule has 0 atom stereocenters. The second-order valence-corrected chi connectivity index (χ2v) is 6.26. The zero-order chi connectivity index (χ0) is 15.9. The standard InChI is InChI=1S/C17H20N2O3/c1-11-7-9-19(10-8-11)17(18-12(2)20)15(21)13-5-3-4-6-14(13)16(17)22/h3-6,11H,7-10H2,1-2H3,(H,18,20). The fourth-order valence-corrected chi connectivity index (χ4v) is 3.45. The Morgan fingerprint density at radius 1 is 1.14 bits per heavy atom. The summed E-state index contributed by atoms with van der Waals surface area (Å²) in [5, 5.41) is 2.67. The smallest absolute Gasteiger partial charge is 0.223 e. The van der Waals surface area contributed by atoms with Gasteiger partial charge in [0.15, 0.2) is 0 Å². The van der Waals surface area contributed by atoms with Crippen molar-refractivity contribution in [1.29, 1.82) is 0 Å². The van der Waals surface area contributed by atoms with Gasteiger partial charge in [0.25, 0.3) is 0 Å². The topological polar surface area (TPSA) is 66.5 Å². The van der Waals surface area contributed by atoms with Crippen molar-refractivity contribution >= 4 is 17.5 Å². The minimum atomic E-state index is -1.55. The van der Waals surface area contributed by atoms with Gasteiger partial charge in [-0.15, -0.1) is 0 Å². The number of nitrogens with zero attached hydrogens (tertiary/aromatic N) is 1. The lowest BCUT2D eigenvalue weighted by molar-refractivity contribution is -0.122. The molecular weight excluding hydrogens is 280 g/mol. The molecule has 1 aromatic carbocycles. The van der Waals surface area contributed by atoms with Crippen molar-refractivity contribution in [3.8, 4) is 0 Å². The Bertz CT molecular complexity index is 610. The molecule has 0 aromatic heterocycles. The summed E-state index contributed by atoms with van der Waals surface area (Å²) in [6.45, 7) is 4.77. The predicted octanol–water partition coefficient (Wildman–Crippen LogP) is 1.63. The Balaban J connectivity index is 2.06. The maximum atomic E-state index is 13.0. The van der Waals surface area contributed by atoms with Gasteiger partial charge in [0.2, 0.25) is 23.1 Å². The Kier molecular flexibility index (Phi) is 3.60. The highest BCUT2D eigenvalue weighted by atomic mass is 16.2. The van der Waals surface area contributed by atoms with E-state index in [1.807, 2.05) is 4.90 Å². The lowest BCUT2D eigenvalue weighted by Gasteiger charge is -2.42. The van der Waals surface area contributed by atoms with Crippen molar-refractivity contribution in [2.24, 2.45) is 5.92 Å². The van der Waals surface area contributed by atoms with Gasteiger partial charge in [-0.3, -0.25) is 19.3 Å². The van der Waals surface area contributed by atoms with Crippen molar-refractivity contribution in [2.45, 2.75) is 32.4 Å². The fraction of sp³-hybridized carbons (Fsp3) is 0.471. The number of Topliss-reactive ketones (excluding diaryl/α,β-unsaturated/α-hetero) is 2. The van der Waals surface area contributed by atoms with E-state index >= 15 is 0 Å². The first-order chi connectivity index (χ1) is 10.5. The number of ketones is 2. The highest BCUT2D eigenvalue weighted by Crippen LogP contribution is 2.35. The number of carbonyl (C=O) groups excluding carboxylic acids is 3. The van der Waals surface area contributed by atoms with Crippen LogP contribution >= 0.6 is 0 Å². The zero-order valence-corrected chi connectivity index (χ0v) is 12.9. The van der Waals surface area contributed by atoms with Crippen LogP contribution in [0.15, 0.2) is 24.3 Å². The summed E-state index contributed by atoms with van der Waals surface area (Å²) in [6.07, 6.45) is 1.83. The molecule has 3 rings (SSSR count). The Morgan fingerprint density at radius 2 is 1.64 bits per heavy atom. The first-order valence-electron chi connectivity index (χ1n) is 7.69. The van der Waals surface area contributed by atoms with Crippen molar-refractivity contribution in [3.05, 3.63) is 35.4 Å². The van der Waals surface area contributed by atoms with Gasteiger partial charge >= 0.3 is 0 Å². The van der Waals surface area contributed by atoms with E-state index in [0.717, 1.165) is 12.8 Å². The molecular formula is C17H20N2O3. The van der Waals surface area contributed by atoms with Gasteiger partial charge in [-0.05, 0) is 18.8 Å². The van der Waals surface area contributed by atoms with Crippen LogP contribution in [0.5, 0.6) is 0 Å². The average Bonchev–Trinajstić information content (AvgIpc) is 2.71. The molecule has 1 saturated heterocycles. The SMILES string of the molecule is CC(=O)NC1(N2CCC(C)CC2)C(=O)c2ccccc2C1=O. The van der Waals surface area contributed by atoms with Crippen LogP contribution in [0.4, 0.5) is 0 Å². The molecule has 0 spiro atoms. The third kappa shape index (κ3) is 2.08. The van der Waals surface area contributed by atoms with E-state index in [0.29, 0.717) is 30.1 Å². The summed E-state index contributed by atoms with van der Waals surface area (Å²) in [6, 6.07) is 6.80. The van der Waals surface area contributed by atoms with Gasteiger partial charge < -0.3 is 5.32 Å².